The van der Waals surface area contributed by atoms with Crippen LogP contribution >= 0.6 is 0 Å². The molecule has 2 N–H and O–H groups in total. The van der Waals surface area contributed by atoms with Gasteiger partial charge < -0.3 is 10.0 Å². The van der Waals surface area contributed by atoms with Crippen LogP contribution in [0.2, 0.25) is 0 Å². The fraction of sp³-hybridized carbons (Fsp3) is 0.526. The molecule has 1 saturated carbocycles. The molecular formula is C19H22N2O4. The zero-order valence-corrected chi connectivity index (χ0v) is 14.0. The highest BCUT2D eigenvalue weighted by Gasteiger charge is 2.41. The van der Waals surface area contributed by atoms with Crippen molar-refractivity contribution in [2.75, 3.05) is 6.61 Å². The van der Waals surface area contributed by atoms with Crippen molar-refractivity contribution < 1.29 is 19.5 Å². The monoisotopic (exact) mass is 342 g/mol. The Kier molecular flexibility index (Phi) is 4.07. The van der Waals surface area contributed by atoms with E-state index in [1.165, 1.54) is 5.56 Å². The highest BCUT2D eigenvalue weighted by atomic mass is 16.3. The molecule has 3 aliphatic rings. The van der Waals surface area contributed by atoms with E-state index in [0.717, 1.165) is 24.8 Å². The van der Waals surface area contributed by atoms with Crippen LogP contribution in [0.3, 0.4) is 0 Å². The quantitative estimate of drug-likeness (QED) is 0.808. The van der Waals surface area contributed by atoms with Crippen LogP contribution in [0, 0.1) is 5.92 Å². The van der Waals surface area contributed by atoms with Gasteiger partial charge in [-0.25, -0.2) is 0 Å². The lowest BCUT2D eigenvalue weighted by Crippen LogP contribution is -2.52. The van der Waals surface area contributed by atoms with E-state index in [1.807, 2.05) is 12.1 Å². The van der Waals surface area contributed by atoms with Gasteiger partial charge in [0.15, 0.2) is 0 Å². The Hall–Kier alpha value is -2.21. The fourth-order valence-electron chi connectivity index (χ4n) is 4.40. The lowest BCUT2D eigenvalue weighted by molar-refractivity contribution is -0.136. The van der Waals surface area contributed by atoms with E-state index in [4.69, 9.17) is 5.11 Å². The lowest BCUT2D eigenvalue weighted by Gasteiger charge is -2.36. The third-order valence-electron chi connectivity index (χ3n) is 5.83. The molecule has 4 rings (SSSR count). The maximum absolute atomic E-state index is 12.8. The van der Waals surface area contributed by atoms with Crippen molar-refractivity contribution in [1.29, 1.82) is 0 Å². The van der Waals surface area contributed by atoms with E-state index in [2.05, 4.69) is 11.4 Å². The number of benzene rings is 1. The summed E-state index contributed by atoms with van der Waals surface area (Å²) < 4.78 is 0. The molecule has 1 atom stereocenters. The Morgan fingerprint density at radius 3 is 2.72 bits per heavy atom. The number of aliphatic hydroxyl groups is 1. The molecule has 3 amide bonds. The molecule has 0 aromatic heterocycles. The summed E-state index contributed by atoms with van der Waals surface area (Å²) in [7, 11) is 0. The summed E-state index contributed by atoms with van der Waals surface area (Å²) >= 11 is 0. The number of amides is 3. The first-order chi connectivity index (χ1) is 12.1. The van der Waals surface area contributed by atoms with Crippen LogP contribution in [0.25, 0.3) is 0 Å². The second-order valence-corrected chi connectivity index (χ2v) is 7.32. The summed E-state index contributed by atoms with van der Waals surface area (Å²) in [6.07, 6.45) is 3.59. The number of nitrogens with one attached hydrogen (secondary N) is 1. The van der Waals surface area contributed by atoms with Crippen LogP contribution in [0.5, 0.6) is 0 Å². The number of aliphatic hydroxyl groups excluding tert-OH is 1. The van der Waals surface area contributed by atoms with Crippen LogP contribution < -0.4 is 5.32 Å². The number of carbonyl (C=O) groups is 3. The Labute approximate surface area is 146 Å². The molecular weight excluding hydrogens is 320 g/mol. The summed E-state index contributed by atoms with van der Waals surface area (Å²) in [6.45, 7) is 0.670. The molecule has 0 radical (unpaired) electrons. The summed E-state index contributed by atoms with van der Waals surface area (Å²) in [5.41, 5.74) is 2.92. The molecule has 6 heteroatoms. The molecule has 2 fully saturated rings. The summed E-state index contributed by atoms with van der Waals surface area (Å²) in [4.78, 5) is 37.9. The summed E-state index contributed by atoms with van der Waals surface area (Å²) in [5.74, 6) is 0.244. The number of hydrogen-bond acceptors (Lipinski definition) is 4. The van der Waals surface area contributed by atoms with E-state index in [1.54, 1.807) is 4.90 Å². The van der Waals surface area contributed by atoms with Gasteiger partial charge in [-0.1, -0.05) is 12.1 Å². The van der Waals surface area contributed by atoms with Gasteiger partial charge in [-0.15, -0.1) is 0 Å². The second kappa shape index (κ2) is 6.26. The second-order valence-electron chi connectivity index (χ2n) is 7.32. The van der Waals surface area contributed by atoms with Gasteiger partial charge >= 0.3 is 0 Å². The van der Waals surface area contributed by atoms with E-state index >= 15 is 0 Å². The van der Waals surface area contributed by atoms with Gasteiger partial charge in [0.2, 0.25) is 11.8 Å². The van der Waals surface area contributed by atoms with Crippen LogP contribution in [0.15, 0.2) is 18.2 Å². The van der Waals surface area contributed by atoms with E-state index in [0.29, 0.717) is 30.4 Å². The first kappa shape index (κ1) is 16.3. The number of carbonyl (C=O) groups excluding carboxylic acids is 3. The number of rotatable bonds is 4. The molecule has 1 unspecified atom stereocenters. The largest absolute Gasteiger partial charge is 0.396 e. The molecule has 1 aromatic rings. The van der Waals surface area contributed by atoms with Crippen molar-refractivity contribution in [2.45, 2.75) is 50.6 Å². The minimum atomic E-state index is -0.561. The number of piperidine rings is 1. The molecule has 2 heterocycles. The Balaban J connectivity index is 1.54. The van der Waals surface area contributed by atoms with E-state index < -0.39 is 6.04 Å². The fourth-order valence-corrected chi connectivity index (χ4v) is 4.40. The Morgan fingerprint density at radius 2 is 2.00 bits per heavy atom. The maximum Gasteiger partial charge on any atom is 0.255 e. The zero-order chi connectivity index (χ0) is 17.6. The zero-order valence-electron chi connectivity index (χ0n) is 14.0. The number of imide groups is 1. The molecule has 6 nitrogen and oxygen atoms in total. The highest BCUT2D eigenvalue weighted by Crippen LogP contribution is 2.46. The third-order valence-corrected chi connectivity index (χ3v) is 5.83. The minimum Gasteiger partial charge on any atom is -0.396 e. The molecule has 1 saturated heterocycles. The molecule has 1 aliphatic carbocycles. The average molecular weight is 342 g/mol. The van der Waals surface area contributed by atoms with E-state index in [-0.39, 0.29) is 30.7 Å². The number of nitrogens with zero attached hydrogens (tertiary/aromatic N) is 1. The smallest absolute Gasteiger partial charge is 0.255 e. The van der Waals surface area contributed by atoms with Gasteiger partial charge in [0.1, 0.15) is 6.04 Å². The van der Waals surface area contributed by atoms with Crippen LogP contribution in [-0.2, 0) is 16.1 Å². The van der Waals surface area contributed by atoms with Crippen molar-refractivity contribution in [3.8, 4) is 0 Å². The predicted molar refractivity (Wildman–Crippen MR) is 89.7 cm³/mol. The maximum atomic E-state index is 12.8. The van der Waals surface area contributed by atoms with Crippen LogP contribution in [0.1, 0.15) is 59.5 Å². The average Bonchev–Trinajstić information content (AvgIpc) is 2.88. The van der Waals surface area contributed by atoms with Gasteiger partial charge in [-0.3, -0.25) is 19.7 Å². The SMILES string of the molecule is O=C1CCC(N2Cc3c(cccc3C3CC(CCO)C3)C2=O)C(=O)N1. The lowest BCUT2D eigenvalue weighted by atomic mass is 9.69. The summed E-state index contributed by atoms with van der Waals surface area (Å²) in [6, 6.07) is 5.27. The van der Waals surface area contributed by atoms with Gasteiger partial charge in [-0.05, 0) is 54.7 Å². The van der Waals surface area contributed by atoms with Crippen LogP contribution in [-0.4, -0.2) is 40.4 Å². The van der Waals surface area contributed by atoms with Gasteiger partial charge in [0.05, 0.1) is 0 Å². The number of hydrogen-bond donors (Lipinski definition) is 2. The van der Waals surface area contributed by atoms with Crippen molar-refractivity contribution in [1.82, 2.24) is 10.2 Å². The molecule has 132 valence electrons. The van der Waals surface area contributed by atoms with Gasteiger partial charge in [-0.2, -0.15) is 0 Å². The normalized spacial score (nSPS) is 28.6. The first-order valence-electron chi connectivity index (χ1n) is 8.95. The molecule has 25 heavy (non-hydrogen) atoms. The molecule has 0 spiro atoms. The molecule has 0 bridgehead atoms. The first-order valence-corrected chi connectivity index (χ1v) is 8.95. The topological polar surface area (TPSA) is 86.7 Å². The van der Waals surface area contributed by atoms with Crippen LogP contribution in [0.4, 0.5) is 0 Å². The van der Waals surface area contributed by atoms with Gasteiger partial charge in [0, 0.05) is 25.1 Å². The molecule has 1 aromatic carbocycles. The standard InChI is InChI=1S/C19H22N2O4/c22-7-6-11-8-12(9-11)13-2-1-3-14-15(13)10-21(19(14)25)16-4-5-17(23)20-18(16)24/h1-3,11-12,16,22H,4-10H2,(H,20,23,24). The van der Waals surface area contributed by atoms with Gasteiger partial charge in [0.25, 0.3) is 5.91 Å². The highest BCUT2D eigenvalue weighted by molar-refractivity contribution is 6.05. The number of fused-ring (bicyclic) bond motifs is 1. The van der Waals surface area contributed by atoms with E-state index in [9.17, 15) is 14.4 Å². The van der Waals surface area contributed by atoms with Crippen molar-refractivity contribution in [2.24, 2.45) is 5.92 Å². The van der Waals surface area contributed by atoms with Crippen molar-refractivity contribution >= 4 is 17.7 Å². The minimum absolute atomic E-state index is 0.113. The Morgan fingerprint density at radius 1 is 1.20 bits per heavy atom. The van der Waals surface area contributed by atoms with Crippen molar-refractivity contribution in [3.63, 3.8) is 0 Å². The Bertz CT molecular complexity index is 739. The molecule has 2 aliphatic heterocycles. The third kappa shape index (κ3) is 2.74. The summed E-state index contributed by atoms with van der Waals surface area (Å²) in [5, 5.41) is 11.4. The predicted octanol–water partition coefficient (Wildman–Crippen LogP) is 1.32. The van der Waals surface area contributed by atoms with Crippen molar-refractivity contribution in [3.05, 3.63) is 34.9 Å².